The van der Waals surface area contributed by atoms with E-state index in [4.69, 9.17) is 0 Å². The molecule has 2 heteroatoms. The van der Waals surface area contributed by atoms with Gasteiger partial charge >= 0.3 is 0 Å². The Hall–Kier alpha value is -2.19. The van der Waals surface area contributed by atoms with Crippen molar-refractivity contribution < 1.29 is 9.50 Å². The highest BCUT2D eigenvalue weighted by atomic mass is 19.1. The fraction of sp³-hybridized carbons (Fsp3) is 0.111. The maximum atomic E-state index is 12.9. The van der Waals surface area contributed by atoms with Gasteiger partial charge in [0, 0.05) is 6.42 Å². The van der Waals surface area contributed by atoms with Crippen molar-refractivity contribution in [2.45, 2.75) is 12.0 Å². The summed E-state index contributed by atoms with van der Waals surface area (Å²) in [4.78, 5) is 0. The molecule has 1 unspecified atom stereocenters. The van der Waals surface area contributed by atoms with E-state index in [9.17, 15) is 9.50 Å². The van der Waals surface area contributed by atoms with Crippen LogP contribution in [0.2, 0.25) is 0 Å². The van der Waals surface area contributed by atoms with Crippen molar-refractivity contribution in [1.29, 1.82) is 0 Å². The van der Waals surface area contributed by atoms with Gasteiger partial charge in [0.05, 0.1) is 0 Å². The Morgan fingerprint density at radius 3 is 2.30 bits per heavy atom. The molecule has 20 heavy (non-hydrogen) atoms. The van der Waals surface area contributed by atoms with Gasteiger partial charge < -0.3 is 5.11 Å². The molecule has 0 aromatic heterocycles. The SMILES string of the molecule is C=CCC(O)(/C=C/c1ccc(F)cc1)c1ccccc1. The summed E-state index contributed by atoms with van der Waals surface area (Å²) in [6, 6.07) is 15.6. The topological polar surface area (TPSA) is 20.2 Å². The van der Waals surface area contributed by atoms with Crippen LogP contribution in [-0.4, -0.2) is 5.11 Å². The van der Waals surface area contributed by atoms with E-state index in [0.29, 0.717) is 6.42 Å². The first-order valence-electron chi connectivity index (χ1n) is 6.48. The Balaban J connectivity index is 2.29. The molecule has 1 nitrogen and oxygen atoms in total. The molecule has 0 heterocycles. The molecule has 0 saturated carbocycles. The number of aliphatic hydroxyl groups is 1. The molecule has 0 aliphatic heterocycles. The van der Waals surface area contributed by atoms with Crippen LogP contribution in [0.25, 0.3) is 6.08 Å². The molecular weight excluding hydrogens is 251 g/mol. The summed E-state index contributed by atoms with van der Waals surface area (Å²) in [5.74, 6) is -0.272. The summed E-state index contributed by atoms with van der Waals surface area (Å²) in [7, 11) is 0. The molecule has 1 atom stereocenters. The van der Waals surface area contributed by atoms with Crippen molar-refractivity contribution in [3.05, 3.63) is 90.3 Å². The molecule has 0 spiro atoms. The minimum absolute atomic E-state index is 0.272. The van der Waals surface area contributed by atoms with Gasteiger partial charge in [-0.2, -0.15) is 0 Å². The molecule has 2 rings (SSSR count). The Morgan fingerprint density at radius 2 is 1.70 bits per heavy atom. The van der Waals surface area contributed by atoms with E-state index >= 15 is 0 Å². The fourth-order valence-electron chi connectivity index (χ4n) is 2.04. The minimum Gasteiger partial charge on any atom is -0.381 e. The summed E-state index contributed by atoms with van der Waals surface area (Å²) < 4.78 is 12.9. The third-order valence-electron chi connectivity index (χ3n) is 3.15. The summed E-state index contributed by atoms with van der Waals surface area (Å²) in [6.07, 6.45) is 5.60. The van der Waals surface area contributed by atoms with Crippen LogP contribution in [0.1, 0.15) is 17.5 Å². The van der Waals surface area contributed by atoms with Crippen molar-refractivity contribution in [1.82, 2.24) is 0 Å². The Morgan fingerprint density at radius 1 is 1.05 bits per heavy atom. The first-order chi connectivity index (χ1) is 9.64. The van der Waals surface area contributed by atoms with Crippen molar-refractivity contribution in [2.75, 3.05) is 0 Å². The Kier molecular flexibility index (Phi) is 4.49. The van der Waals surface area contributed by atoms with Gasteiger partial charge in [-0.15, -0.1) is 6.58 Å². The number of hydrogen-bond donors (Lipinski definition) is 1. The second-order valence-corrected chi connectivity index (χ2v) is 4.67. The Labute approximate surface area is 118 Å². The fourth-order valence-corrected chi connectivity index (χ4v) is 2.04. The summed E-state index contributed by atoms with van der Waals surface area (Å²) in [5, 5.41) is 10.8. The van der Waals surface area contributed by atoms with Crippen LogP contribution in [0.5, 0.6) is 0 Å². The van der Waals surface area contributed by atoms with Crippen LogP contribution in [0.4, 0.5) is 4.39 Å². The zero-order chi connectivity index (χ0) is 14.4. The molecule has 2 aromatic rings. The van der Waals surface area contributed by atoms with Crippen LogP contribution >= 0.6 is 0 Å². The molecular formula is C18H17FO. The average molecular weight is 268 g/mol. The highest BCUT2D eigenvalue weighted by molar-refractivity contribution is 5.51. The normalized spacial score (nSPS) is 14.1. The van der Waals surface area contributed by atoms with Gasteiger partial charge in [0.2, 0.25) is 0 Å². The molecule has 2 aromatic carbocycles. The van der Waals surface area contributed by atoms with Crippen molar-refractivity contribution in [3.63, 3.8) is 0 Å². The molecule has 1 N–H and O–H groups in total. The predicted molar refractivity (Wildman–Crippen MR) is 80.6 cm³/mol. The maximum absolute atomic E-state index is 12.9. The van der Waals surface area contributed by atoms with Crippen LogP contribution < -0.4 is 0 Å². The molecule has 102 valence electrons. The van der Waals surface area contributed by atoms with Gasteiger partial charge in [0.25, 0.3) is 0 Å². The van der Waals surface area contributed by atoms with Gasteiger partial charge in [-0.1, -0.05) is 54.6 Å². The van der Waals surface area contributed by atoms with E-state index in [1.54, 1.807) is 30.4 Å². The molecule has 0 aliphatic carbocycles. The number of hydrogen-bond acceptors (Lipinski definition) is 1. The van der Waals surface area contributed by atoms with E-state index in [-0.39, 0.29) is 5.82 Å². The zero-order valence-electron chi connectivity index (χ0n) is 11.2. The zero-order valence-corrected chi connectivity index (χ0v) is 11.2. The molecule has 0 radical (unpaired) electrons. The quantitative estimate of drug-likeness (QED) is 0.801. The lowest BCUT2D eigenvalue weighted by atomic mass is 9.89. The first kappa shape index (κ1) is 14.2. The summed E-state index contributed by atoms with van der Waals surface area (Å²) in [5.41, 5.74) is 0.542. The lowest BCUT2D eigenvalue weighted by molar-refractivity contribution is 0.0938. The number of halogens is 1. The molecule has 0 amide bonds. The maximum Gasteiger partial charge on any atom is 0.123 e. The minimum atomic E-state index is -1.10. The third-order valence-corrected chi connectivity index (χ3v) is 3.15. The lowest BCUT2D eigenvalue weighted by Crippen LogP contribution is -2.21. The van der Waals surface area contributed by atoms with E-state index < -0.39 is 5.60 Å². The molecule has 0 bridgehead atoms. The van der Waals surface area contributed by atoms with Crippen LogP contribution in [-0.2, 0) is 5.60 Å². The monoisotopic (exact) mass is 268 g/mol. The van der Waals surface area contributed by atoms with Crippen molar-refractivity contribution >= 4 is 6.08 Å². The van der Waals surface area contributed by atoms with Crippen LogP contribution in [0, 0.1) is 5.82 Å². The highest BCUT2D eigenvalue weighted by Gasteiger charge is 2.23. The third kappa shape index (κ3) is 3.43. The smallest absolute Gasteiger partial charge is 0.123 e. The van der Waals surface area contributed by atoms with Crippen molar-refractivity contribution in [3.8, 4) is 0 Å². The predicted octanol–water partition coefficient (Wildman–Crippen LogP) is 4.30. The standard InChI is InChI=1S/C18H17FO/c1-2-13-18(20,16-6-4-3-5-7-16)14-12-15-8-10-17(19)11-9-15/h2-12,14,20H,1,13H2/b14-12+. The van der Waals surface area contributed by atoms with Gasteiger partial charge in [0.1, 0.15) is 11.4 Å². The van der Waals surface area contributed by atoms with E-state index in [0.717, 1.165) is 11.1 Å². The average Bonchev–Trinajstić information content (AvgIpc) is 2.48. The van der Waals surface area contributed by atoms with E-state index in [2.05, 4.69) is 6.58 Å². The summed E-state index contributed by atoms with van der Waals surface area (Å²) >= 11 is 0. The van der Waals surface area contributed by atoms with Crippen LogP contribution in [0.3, 0.4) is 0 Å². The molecule has 0 saturated heterocycles. The largest absolute Gasteiger partial charge is 0.381 e. The van der Waals surface area contributed by atoms with Gasteiger partial charge in [-0.3, -0.25) is 0 Å². The number of benzene rings is 2. The van der Waals surface area contributed by atoms with E-state index in [1.165, 1.54) is 12.1 Å². The Bertz CT molecular complexity index is 587. The van der Waals surface area contributed by atoms with Gasteiger partial charge in [0.15, 0.2) is 0 Å². The van der Waals surface area contributed by atoms with Gasteiger partial charge in [-0.25, -0.2) is 4.39 Å². The summed E-state index contributed by atoms with van der Waals surface area (Å²) in [6.45, 7) is 3.69. The molecule has 0 aliphatic rings. The van der Waals surface area contributed by atoms with Gasteiger partial charge in [-0.05, 0) is 29.3 Å². The second-order valence-electron chi connectivity index (χ2n) is 4.67. The van der Waals surface area contributed by atoms with Crippen LogP contribution in [0.15, 0.2) is 73.3 Å². The number of rotatable bonds is 5. The lowest BCUT2D eigenvalue weighted by Gasteiger charge is -2.23. The first-order valence-corrected chi connectivity index (χ1v) is 6.48. The molecule has 0 fully saturated rings. The van der Waals surface area contributed by atoms with E-state index in [1.807, 2.05) is 30.3 Å². The second kappa shape index (κ2) is 6.31. The van der Waals surface area contributed by atoms with Crippen molar-refractivity contribution in [2.24, 2.45) is 0 Å². The highest BCUT2D eigenvalue weighted by Crippen LogP contribution is 2.27.